The number of amides is 2. The van der Waals surface area contributed by atoms with Crippen LogP contribution in [-0.4, -0.2) is 69.6 Å². The maximum absolute atomic E-state index is 11.7. The zero-order valence-corrected chi connectivity index (χ0v) is 15.1. The average Bonchev–Trinajstić information content (AvgIpc) is 2.63. The van der Waals surface area contributed by atoms with E-state index in [1.807, 2.05) is 31.3 Å². The van der Waals surface area contributed by atoms with Crippen molar-refractivity contribution in [1.82, 2.24) is 15.5 Å². The summed E-state index contributed by atoms with van der Waals surface area (Å²) in [6, 6.07) is 8.50. The number of carbonyl (C=O) groups excluding carboxylic acids is 2. The maximum Gasteiger partial charge on any atom is 0.226 e. The number of likely N-dealkylation sites (N-methyl/N-ethyl adjacent to an activating group) is 1. The van der Waals surface area contributed by atoms with Gasteiger partial charge in [0.15, 0.2) is 0 Å². The van der Waals surface area contributed by atoms with E-state index >= 15 is 0 Å². The molecule has 2 rings (SSSR count). The summed E-state index contributed by atoms with van der Waals surface area (Å²) in [5.74, 6) is -0.103. The largest absolute Gasteiger partial charge is 0.369 e. The fraction of sp³-hybridized carbons (Fsp3) is 0.556. The second-order valence-electron chi connectivity index (χ2n) is 6.35. The van der Waals surface area contributed by atoms with Gasteiger partial charge in [-0.1, -0.05) is 0 Å². The van der Waals surface area contributed by atoms with Crippen molar-refractivity contribution < 1.29 is 9.59 Å². The molecular formula is C18H29N5O2. The molecule has 3 N–H and O–H groups in total. The van der Waals surface area contributed by atoms with Crippen molar-refractivity contribution >= 4 is 23.7 Å². The summed E-state index contributed by atoms with van der Waals surface area (Å²) < 4.78 is 0. The molecule has 1 aromatic carbocycles. The zero-order valence-electron chi connectivity index (χ0n) is 15.1. The molecular weight excluding hydrogens is 318 g/mol. The smallest absolute Gasteiger partial charge is 0.226 e. The van der Waals surface area contributed by atoms with Crippen LogP contribution in [0.4, 0.5) is 11.4 Å². The molecule has 0 spiro atoms. The third-order valence-corrected chi connectivity index (χ3v) is 4.53. The van der Waals surface area contributed by atoms with Crippen LogP contribution in [0.25, 0.3) is 0 Å². The first kappa shape index (κ1) is 19.2. The lowest BCUT2D eigenvalue weighted by atomic mass is 10.2. The van der Waals surface area contributed by atoms with Crippen molar-refractivity contribution in [1.29, 1.82) is 0 Å². The molecule has 0 saturated carbocycles. The first-order valence-electron chi connectivity index (χ1n) is 8.84. The van der Waals surface area contributed by atoms with Crippen LogP contribution in [0.2, 0.25) is 0 Å². The van der Waals surface area contributed by atoms with E-state index in [9.17, 15) is 9.59 Å². The van der Waals surface area contributed by atoms with E-state index in [-0.39, 0.29) is 12.3 Å². The fourth-order valence-corrected chi connectivity index (χ4v) is 3.07. The quantitative estimate of drug-likeness (QED) is 0.448. The van der Waals surface area contributed by atoms with Crippen molar-refractivity contribution in [2.75, 3.05) is 56.5 Å². The Morgan fingerprint density at radius 1 is 1.20 bits per heavy atom. The van der Waals surface area contributed by atoms with Gasteiger partial charge < -0.3 is 20.9 Å². The van der Waals surface area contributed by atoms with E-state index in [1.54, 1.807) is 0 Å². The first-order valence-corrected chi connectivity index (χ1v) is 8.84. The molecule has 7 nitrogen and oxygen atoms in total. The minimum atomic E-state index is -0.103. The van der Waals surface area contributed by atoms with Crippen molar-refractivity contribution in [2.24, 2.45) is 0 Å². The van der Waals surface area contributed by atoms with Gasteiger partial charge in [0.25, 0.3) is 0 Å². The lowest BCUT2D eigenvalue weighted by Crippen LogP contribution is -2.51. The number of nitrogens with one attached hydrogen (secondary N) is 3. The number of anilines is 2. The zero-order chi connectivity index (χ0) is 18.1. The van der Waals surface area contributed by atoms with Gasteiger partial charge in [-0.25, -0.2) is 0 Å². The van der Waals surface area contributed by atoms with E-state index in [0.717, 1.165) is 38.4 Å². The molecule has 1 fully saturated rings. The van der Waals surface area contributed by atoms with Gasteiger partial charge >= 0.3 is 0 Å². The summed E-state index contributed by atoms with van der Waals surface area (Å²) in [5, 5.41) is 8.55. The molecule has 1 atom stereocenters. The lowest BCUT2D eigenvalue weighted by Gasteiger charge is -2.39. The summed E-state index contributed by atoms with van der Waals surface area (Å²) >= 11 is 0. The second kappa shape index (κ2) is 10.0. The highest BCUT2D eigenvalue weighted by Gasteiger charge is 2.20. The lowest BCUT2D eigenvalue weighted by molar-refractivity contribution is -0.116. The number of hydrogen-bond acceptors (Lipinski definition) is 5. The molecule has 25 heavy (non-hydrogen) atoms. The molecule has 2 amide bonds. The summed E-state index contributed by atoms with van der Waals surface area (Å²) in [7, 11) is 1.99. The molecule has 7 heteroatoms. The number of hydrogen-bond donors (Lipinski definition) is 3. The van der Waals surface area contributed by atoms with E-state index in [0.29, 0.717) is 19.0 Å². The maximum atomic E-state index is 11.7. The summed E-state index contributed by atoms with van der Waals surface area (Å²) in [6.45, 7) is 7.76. The van der Waals surface area contributed by atoms with Crippen LogP contribution in [0.5, 0.6) is 0 Å². The fourth-order valence-electron chi connectivity index (χ4n) is 3.07. The number of piperazine rings is 1. The molecule has 1 aliphatic rings. The van der Waals surface area contributed by atoms with Crippen molar-refractivity contribution in [3.8, 4) is 0 Å². The van der Waals surface area contributed by atoms with Crippen LogP contribution in [0, 0.1) is 0 Å². The molecule has 0 radical (unpaired) electrons. The van der Waals surface area contributed by atoms with E-state index in [4.69, 9.17) is 0 Å². The van der Waals surface area contributed by atoms with Crippen LogP contribution >= 0.6 is 0 Å². The van der Waals surface area contributed by atoms with Crippen LogP contribution in [-0.2, 0) is 9.59 Å². The van der Waals surface area contributed by atoms with Gasteiger partial charge in [0.2, 0.25) is 12.3 Å². The predicted octanol–water partition coefficient (Wildman–Crippen LogP) is 0.491. The Morgan fingerprint density at radius 3 is 2.48 bits per heavy atom. The third kappa shape index (κ3) is 6.03. The monoisotopic (exact) mass is 347 g/mol. The molecule has 1 saturated heterocycles. The van der Waals surface area contributed by atoms with Gasteiger partial charge in [-0.15, -0.1) is 0 Å². The summed E-state index contributed by atoms with van der Waals surface area (Å²) in [6.07, 6.45) is 0.870. The SMILES string of the molecule is CNCC(C)N1CCN(c2ccc(NC(=O)CCNC=O)cc2)CC1. The van der Waals surface area contributed by atoms with Crippen molar-refractivity contribution in [2.45, 2.75) is 19.4 Å². The Balaban J connectivity index is 1.80. The van der Waals surface area contributed by atoms with E-state index < -0.39 is 0 Å². The Morgan fingerprint density at radius 2 is 1.88 bits per heavy atom. The number of nitrogens with zero attached hydrogens (tertiary/aromatic N) is 2. The molecule has 0 aliphatic carbocycles. The predicted molar refractivity (Wildman–Crippen MR) is 101 cm³/mol. The third-order valence-electron chi connectivity index (χ3n) is 4.53. The van der Waals surface area contributed by atoms with Gasteiger partial charge in [-0.2, -0.15) is 0 Å². The van der Waals surface area contributed by atoms with Gasteiger partial charge in [0.1, 0.15) is 0 Å². The van der Waals surface area contributed by atoms with Crippen molar-refractivity contribution in [3.05, 3.63) is 24.3 Å². The number of benzene rings is 1. The highest BCUT2D eigenvalue weighted by atomic mass is 16.1. The molecule has 1 aromatic rings. The molecule has 1 heterocycles. The highest BCUT2D eigenvalue weighted by molar-refractivity contribution is 5.91. The Kier molecular flexibility index (Phi) is 7.69. The van der Waals surface area contributed by atoms with Crippen molar-refractivity contribution in [3.63, 3.8) is 0 Å². The van der Waals surface area contributed by atoms with Gasteiger partial charge in [-0.05, 0) is 38.2 Å². The Hall–Kier alpha value is -2.12. The Bertz CT molecular complexity index is 541. The first-order chi connectivity index (χ1) is 12.1. The molecule has 138 valence electrons. The number of carbonyl (C=O) groups is 2. The van der Waals surface area contributed by atoms with Crippen LogP contribution < -0.4 is 20.9 Å². The van der Waals surface area contributed by atoms with E-state index in [2.05, 4.69) is 32.7 Å². The minimum Gasteiger partial charge on any atom is -0.369 e. The van der Waals surface area contributed by atoms with E-state index in [1.165, 1.54) is 5.69 Å². The second-order valence-corrected chi connectivity index (χ2v) is 6.35. The number of rotatable bonds is 9. The van der Waals surface area contributed by atoms with Gasteiger partial charge in [-0.3, -0.25) is 14.5 Å². The minimum absolute atomic E-state index is 0.103. The molecule has 1 aliphatic heterocycles. The van der Waals surface area contributed by atoms with Gasteiger partial charge in [0.05, 0.1) is 0 Å². The molecule has 0 bridgehead atoms. The normalized spacial score (nSPS) is 16.3. The Labute approximate surface area is 149 Å². The topological polar surface area (TPSA) is 76.7 Å². The molecule has 0 aromatic heterocycles. The standard InChI is InChI=1S/C18H29N5O2/c1-15(13-19-2)22-9-11-23(12-10-22)17-5-3-16(4-6-17)21-18(25)7-8-20-14-24/h3-6,14-15,19H,7-13H2,1-2H3,(H,20,24)(H,21,25). The highest BCUT2D eigenvalue weighted by Crippen LogP contribution is 2.20. The van der Waals surface area contributed by atoms with Crippen LogP contribution in [0.15, 0.2) is 24.3 Å². The van der Waals surface area contributed by atoms with Crippen LogP contribution in [0.1, 0.15) is 13.3 Å². The summed E-state index contributed by atoms with van der Waals surface area (Å²) in [4.78, 5) is 26.8. The van der Waals surface area contributed by atoms with Crippen LogP contribution in [0.3, 0.4) is 0 Å². The molecule has 1 unspecified atom stereocenters. The summed E-state index contributed by atoms with van der Waals surface area (Å²) in [5.41, 5.74) is 1.96. The van der Waals surface area contributed by atoms with Gasteiger partial charge in [0, 0.05) is 63.1 Å². The average molecular weight is 347 g/mol.